The molecule has 1 heterocycles. The quantitative estimate of drug-likeness (QED) is 0.876. The first-order valence-electron chi connectivity index (χ1n) is 6.48. The zero-order valence-electron chi connectivity index (χ0n) is 11.0. The average molecular weight is 244 g/mol. The minimum absolute atomic E-state index is 0.0887. The molecule has 2 rings (SSSR count). The van der Waals surface area contributed by atoms with Gasteiger partial charge in [-0.2, -0.15) is 0 Å². The van der Waals surface area contributed by atoms with Gasteiger partial charge in [-0.15, -0.1) is 0 Å². The number of para-hydroxylation sites is 1. The van der Waals surface area contributed by atoms with Gasteiger partial charge in [-0.3, -0.25) is 4.79 Å². The van der Waals surface area contributed by atoms with E-state index in [0.717, 1.165) is 30.3 Å². The fourth-order valence-electron chi connectivity index (χ4n) is 2.17. The summed E-state index contributed by atoms with van der Waals surface area (Å²) >= 11 is 0. The Labute approximate surface area is 107 Å². The van der Waals surface area contributed by atoms with Gasteiger partial charge in [-0.05, 0) is 44.3 Å². The molecular formula is C15H20N2O. The lowest BCUT2D eigenvalue weighted by Crippen LogP contribution is -2.23. The molecule has 96 valence electrons. The van der Waals surface area contributed by atoms with E-state index in [2.05, 4.69) is 12.2 Å². The summed E-state index contributed by atoms with van der Waals surface area (Å²) in [6, 6.07) is 12.1. The maximum absolute atomic E-state index is 11.9. The van der Waals surface area contributed by atoms with Crippen molar-refractivity contribution in [2.45, 2.75) is 32.4 Å². The van der Waals surface area contributed by atoms with Crippen LogP contribution in [-0.2, 0) is 6.54 Å². The Morgan fingerprint density at radius 3 is 2.78 bits per heavy atom. The van der Waals surface area contributed by atoms with Crippen molar-refractivity contribution in [1.82, 2.24) is 9.88 Å². The smallest absolute Gasteiger partial charge is 0.251 e. The fourth-order valence-corrected chi connectivity index (χ4v) is 2.17. The van der Waals surface area contributed by atoms with Crippen LogP contribution >= 0.6 is 0 Å². The van der Waals surface area contributed by atoms with E-state index in [1.54, 1.807) is 6.07 Å². The second-order valence-electron chi connectivity index (χ2n) is 4.71. The van der Waals surface area contributed by atoms with Gasteiger partial charge in [0.05, 0.1) is 5.52 Å². The van der Waals surface area contributed by atoms with Gasteiger partial charge in [0, 0.05) is 18.7 Å². The minimum atomic E-state index is 0.0887. The molecule has 0 aliphatic heterocycles. The number of fused-ring (bicyclic) bond motifs is 1. The first-order chi connectivity index (χ1) is 8.72. The summed E-state index contributed by atoms with van der Waals surface area (Å²) in [6.07, 6.45) is 2.09. The van der Waals surface area contributed by atoms with Crippen LogP contribution in [0.2, 0.25) is 0 Å². The molecule has 1 N–H and O–H groups in total. The Morgan fingerprint density at radius 1 is 1.22 bits per heavy atom. The molecule has 0 aliphatic carbocycles. The van der Waals surface area contributed by atoms with E-state index in [1.807, 2.05) is 41.9 Å². The van der Waals surface area contributed by atoms with Crippen LogP contribution in [0.25, 0.3) is 10.9 Å². The van der Waals surface area contributed by atoms with E-state index in [1.165, 1.54) is 0 Å². The number of benzene rings is 1. The van der Waals surface area contributed by atoms with E-state index < -0.39 is 0 Å². The summed E-state index contributed by atoms with van der Waals surface area (Å²) in [5.41, 5.74) is 1.12. The Bertz CT molecular complexity index is 574. The molecule has 1 atom stereocenters. The minimum Gasteiger partial charge on any atom is -0.317 e. The molecule has 0 spiro atoms. The van der Waals surface area contributed by atoms with Gasteiger partial charge in [-0.1, -0.05) is 18.2 Å². The highest BCUT2D eigenvalue weighted by Gasteiger charge is 2.03. The predicted molar refractivity (Wildman–Crippen MR) is 76.0 cm³/mol. The molecule has 0 radical (unpaired) electrons. The molecule has 3 heteroatoms. The van der Waals surface area contributed by atoms with Crippen molar-refractivity contribution in [1.29, 1.82) is 0 Å². The third kappa shape index (κ3) is 2.79. The van der Waals surface area contributed by atoms with Gasteiger partial charge in [-0.25, -0.2) is 0 Å². The van der Waals surface area contributed by atoms with Crippen molar-refractivity contribution in [2.75, 3.05) is 7.05 Å². The van der Waals surface area contributed by atoms with Crippen LogP contribution in [0.5, 0.6) is 0 Å². The van der Waals surface area contributed by atoms with E-state index in [0.29, 0.717) is 6.04 Å². The fraction of sp³-hybridized carbons (Fsp3) is 0.400. The van der Waals surface area contributed by atoms with E-state index in [-0.39, 0.29) is 5.56 Å². The van der Waals surface area contributed by atoms with Gasteiger partial charge in [0.2, 0.25) is 0 Å². The van der Waals surface area contributed by atoms with Gasteiger partial charge in [0.15, 0.2) is 0 Å². The van der Waals surface area contributed by atoms with Crippen molar-refractivity contribution >= 4 is 10.9 Å². The van der Waals surface area contributed by atoms with Crippen LogP contribution in [-0.4, -0.2) is 17.7 Å². The average Bonchev–Trinajstić information content (AvgIpc) is 2.41. The summed E-state index contributed by atoms with van der Waals surface area (Å²) in [4.78, 5) is 11.9. The van der Waals surface area contributed by atoms with Crippen LogP contribution in [0.3, 0.4) is 0 Å². The van der Waals surface area contributed by atoms with Crippen molar-refractivity contribution in [3.8, 4) is 0 Å². The van der Waals surface area contributed by atoms with E-state index in [4.69, 9.17) is 0 Å². The van der Waals surface area contributed by atoms with Crippen LogP contribution < -0.4 is 10.9 Å². The van der Waals surface area contributed by atoms with Gasteiger partial charge in [0.1, 0.15) is 0 Å². The highest BCUT2D eigenvalue weighted by molar-refractivity contribution is 5.78. The molecule has 0 fully saturated rings. The van der Waals surface area contributed by atoms with Gasteiger partial charge >= 0.3 is 0 Å². The molecule has 0 aliphatic rings. The summed E-state index contributed by atoms with van der Waals surface area (Å²) in [5.74, 6) is 0. The van der Waals surface area contributed by atoms with Crippen LogP contribution in [0.1, 0.15) is 19.8 Å². The third-order valence-corrected chi connectivity index (χ3v) is 3.41. The summed E-state index contributed by atoms with van der Waals surface area (Å²) < 4.78 is 1.87. The first-order valence-corrected chi connectivity index (χ1v) is 6.48. The van der Waals surface area contributed by atoms with Crippen molar-refractivity contribution in [3.05, 3.63) is 46.8 Å². The number of rotatable bonds is 5. The zero-order chi connectivity index (χ0) is 13.0. The molecule has 0 bridgehead atoms. The molecule has 3 nitrogen and oxygen atoms in total. The molecule has 2 aromatic rings. The second kappa shape index (κ2) is 5.83. The van der Waals surface area contributed by atoms with Gasteiger partial charge < -0.3 is 9.88 Å². The van der Waals surface area contributed by atoms with Gasteiger partial charge in [0.25, 0.3) is 5.56 Å². The maximum atomic E-state index is 11.9. The lowest BCUT2D eigenvalue weighted by Gasteiger charge is -2.12. The molecule has 0 saturated carbocycles. The Hall–Kier alpha value is -1.61. The number of nitrogens with zero attached hydrogens (tertiary/aromatic N) is 1. The summed E-state index contributed by atoms with van der Waals surface area (Å²) in [6.45, 7) is 2.94. The number of pyridine rings is 1. The topological polar surface area (TPSA) is 34.0 Å². The van der Waals surface area contributed by atoms with Crippen molar-refractivity contribution in [3.63, 3.8) is 0 Å². The molecular weight excluding hydrogens is 224 g/mol. The molecule has 0 amide bonds. The Morgan fingerprint density at radius 2 is 2.00 bits per heavy atom. The number of aromatic nitrogens is 1. The zero-order valence-corrected chi connectivity index (χ0v) is 11.0. The van der Waals surface area contributed by atoms with Crippen molar-refractivity contribution < 1.29 is 0 Å². The molecule has 18 heavy (non-hydrogen) atoms. The summed E-state index contributed by atoms with van der Waals surface area (Å²) in [7, 11) is 1.97. The third-order valence-electron chi connectivity index (χ3n) is 3.41. The van der Waals surface area contributed by atoms with Crippen LogP contribution in [0.15, 0.2) is 41.2 Å². The SMILES string of the molecule is CNC(C)CCCn1c(=O)ccc2ccccc21. The number of nitrogens with one attached hydrogen (secondary N) is 1. The first kappa shape index (κ1) is 12.8. The standard InChI is InChI=1S/C15H20N2O/c1-12(16-2)6-5-11-17-14-8-4-3-7-13(14)9-10-15(17)18/h3-4,7-10,12,16H,5-6,11H2,1-2H3. The van der Waals surface area contributed by atoms with Crippen molar-refractivity contribution in [2.24, 2.45) is 0 Å². The number of aryl methyl sites for hydroxylation is 1. The summed E-state index contributed by atoms with van der Waals surface area (Å²) in [5, 5.41) is 4.34. The molecule has 1 unspecified atom stereocenters. The molecule has 1 aromatic heterocycles. The normalized spacial score (nSPS) is 12.8. The molecule has 1 aromatic carbocycles. The monoisotopic (exact) mass is 244 g/mol. The number of hydrogen-bond acceptors (Lipinski definition) is 2. The molecule has 0 saturated heterocycles. The van der Waals surface area contributed by atoms with Crippen LogP contribution in [0, 0.1) is 0 Å². The number of hydrogen-bond donors (Lipinski definition) is 1. The lowest BCUT2D eigenvalue weighted by molar-refractivity contribution is 0.507. The highest BCUT2D eigenvalue weighted by Crippen LogP contribution is 2.11. The van der Waals surface area contributed by atoms with E-state index >= 15 is 0 Å². The lowest BCUT2D eigenvalue weighted by atomic mass is 10.1. The van der Waals surface area contributed by atoms with E-state index in [9.17, 15) is 4.79 Å². The Balaban J connectivity index is 2.21. The highest BCUT2D eigenvalue weighted by atomic mass is 16.1. The maximum Gasteiger partial charge on any atom is 0.251 e. The van der Waals surface area contributed by atoms with Crippen LogP contribution in [0.4, 0.5) is 0 Å². The predicted octanol–water partition coefficient (Wildman–Crippen LogP) is 2.39. The largest absolute Gasteiger partial charge is 0.317 e. The second-order valence-corrected chi connectivity index (χ2v) is 4.71. The Kier molecular flexibility index (Phi) is 4.15.